The van der Waals surface area contributed by atoms with Crippen LogP contribution in [-0.2, 0) is 4.84 Å². The van der Waals surface area contributed by atoms with Crippen molar-refractivity contribution in [1.29, 1.82) is 0 Å². The highest BCUT2D eigenvalue weighted by atomic mass is 35.5. The van der Waals surface area contributed by atoms with Gasteiger partial charge in [0.2, 0.25) is 0 Å². The monoisotopic (exact) mass is 237 g/mol. The molecule has 0 aliphatic carbocycles. The van der Waals surface area contributed by atoms with Crippen LogP contribution in [0.3, 0.4) is 0 Å². The van der Waals surface area contributed by atoms with Gasteiger partial charge in [0.1, 0.15) is 0 Å². The van der Waals surface area contributed by atoms with Crippen molar-refractivity contribution >= 4 is 18.5 Å². The Morgan fingerprint density at radius 1 is 1.53 bits per heavy atom. The second kappa shape index (κ2) is 7.73. The van der Waals surface area contributed by atoms with Crippen LogP contribution in [0.15, 0.2) is 0 Å². The summed E-state index contributed by atoms with van der Waals surface area (Å²) in [5.74, 6) is 0. The number of halogens is 1. The third kappa shape index (κ3) is 6.54. The zero-order valence-electron chi connectivity index (χ0n) is 9.28. The van der Waals surface area contributed by atoms with E-state index in [1.165, 1.54) is 5.06 Å². The van der Waals surface area contributed by atoms with Gasteiger partial charge in [0, 0.05) is 25.7 Å². The lowest BCUT2D eigenvalue weighted by Crippen LogP contribution is -2.46. The molecule has 0 aromatic carbocycles. The number of amides is 1. The van der Waals surface area contributed by atoms with Crippen LogP contribution >= 0.6 is 12.4 Å². The van der Waals surface area contributed by atoms with E-state index in [1.54, 1.807) is 0 Å². The maximum Gasteiger partial charge on any atom is 0.468 e. The minimum absolute atomic E-state index is 0. The van der Waals surface area contributed by atoms with Crippen molar-refractivity contribution in [2.24, 2.45) is 0 Å². The molecular formula is C9H20ClN3O2. The maximum absolute atomic E-state index is 9.98. The molecule has 6 heteroatoms. The lowest BCUT2D eigenvalue weighted by molar-refractivity contribution is 0.200. The van der Waals surface area contributed by atoms with Gasteiger partial charge in [-0.3, -0.25) is 0 Å². The molecular weight excluding hydrogens is 218 g/mol. The summed E-state index contributed by atoms with van der Waals surface area (Å²) in [6, 6.07) is 0.675. The molecule has 90 valence electrons. The van der Waals surface area contributed by atoms with Crippen LogP contribution < -0.4 is 10.6 Å². The first-order chi connectivity index (χ1) is 6.74. The summed E-state index contributed by atoms with van der Waals surface area (Å²) in [6.07, 6.45) is 0.771. The Balaban J connectivity index is 0.000000245. The van der Waals surface area contributed by atoms with Gasteiger partial charge in [0.15, 0.2) is 0 Å². The van der Waals surface area contributed by atoms with E-state index >= 15 is 0 Å². The standard InChI is InChI=1S/C5H12N2.C4H7NO2.ClH/c1-5-4-6-2-3-7-5;1-2-3-5-4(6)7-5;/h5-7H,2-4H2,1H3;2-3H2,1H3;1H. The van der Waals surface area contributed by atoms with Gasteiger partial charge < -0.3 is 15.5 Å². The Morgan fingerprint density at radius 2 is 2.20 bits per heavy atom. The lowest BCUT2D eigenvalue weighted by Gasteiger charge is -2.19. The molecule has 5 nitrogen and oxygen atoms in total. The number of piperazine rings is 1. The highest BCUT2D eigenvalue weighted by Gasteiger charge is 2.32. The van der Waals surface area contributed by atoms with Gasteiger partial charge in [0.05, 0.1) is 6.54 Å². The Bertz CT molecular complexity index is 186. The number of hydrogen-bond donors (Lipinski definition) is 2. The minimum Gasteiger partial charge on any atom is -0.314 e. The predicted octanol–water partition coefficient (Wildman–Crippen LogP) is 0.753. The highest BCUT2D eigenvalue weighted by Crippen LogP contribution is 2.10. The topological polar surface area (TPSA) is 56.7 Å². The van der Waals surface area contributed by atoms with Crippen molar-refractivity contribution < 1.29 is 9.63 Å². The molecule has 15 heavy (non-hydrogen) atoms. The number of hydrogen-bond acceptors (Lipinski definition) is 4. The summed E-state index contributed by atoms with van der Waals surface area (Å²) in [7, 11) is 0. The van der Waals surface area contributed by atoms with E-state index in [1.807, 2.05) is 6.92 Å². The third-order valence-corrected chi connectivity index (χ3v) is 2.03. The van der Waals surface area contributed by atoms with Gasteiger partial charge in [0.25, 0.3) is 0 Å². The summed E-state index contributed by atoms with van der Waals surface area (Å²) >= 11 is 0. The fourth-order valence-electron chi connectivity index (χ4n) is 1.21. The fourth-order valence-corrected chi connectivity index (χ4v) is 1.21. The smallest absolute Gasteiger partial charge is 0.314 e. The highest BCUT2D eigenvalue weighted by molar-refractivity contribution is 5.85. The molecule has 2 aliphatic heterocycles. The first-order valence-corrected chi connectivity index (χ1v) is 5.17. The summed E-state index contributed by atoms with van der Waals surface area (Å²) in [4.78, 5) is 14.3. The van der Waals surface area contributed by atoms with E-state index in [-0.39, 0.29) is 18.5 Å². The summed E-state index contributed by atoms with van der Waals surface area (Å²) in [5, 5.41) is 7.92. The molecule has 0 radical (unpaired) electrons. The Hall–Kier alpha value is -0.520. The summed E-state index contributed by atoms with van der Waals surface area (Å²) < 4.78 is 0. The molecule has 1 unspecified atom stereocenters. The van der Waals surface area contributed by atoms with E-state index in [2.05, 4.69) is 22.4 Å². The van der Waals surface area contributed by atoms with Gasteiger partial charge >= 0.3 is 6.09 Å². The van der Waals surface area contributed by atoms with Crippen LogP contribution in [0.2, 0.25) is 0 Å². The first kappa shape index (κ1) is 14.5. The molecule has 2 rings (SSSR count). The number of carbonyl (C=O) groups is 1. The molecule has 0 aromatic heterocycles. The van der Waals surface area contributed by atoms with Crippen LogP contribution in [0.4, 0.5) is 4.79 Å². The lowest BCUT2D eigenvalue weighted by atomic mass is 10.3. The quantitative estimate of drug-likeness (QED) is 0.696. The largest absolute Gasteiger partial charge is 0.468 e. The van der Waals surface area contributed by atoms with Crippen molar-refractivity contribution in [3.8, 4) is 0 Å². The molecule has 0 saturated carbocycles. The van der Waals surface area contributed by atoms with E-state index in [9.17, 15) is 4.79 Å². The number of hydroxylamine groups is 2. The second-order valence-electron chi connectivity index (χ2n) is 3.52. The van der Waals surface area contributed by atoms with Crippen molar-refractivity contribution in [2.45, 2.75) is 26.3 Å². The van der Waals surface area contributed by atoms with Crippen molar-refractivity contribution in [3.63, 3.8) is 0 Å². The average Bonchev–Trinajstić information content (AvgIpc) is 2.85. The molecule has 2 saturated heterocycles. The van der Waals surface area contributed by atoms with E-state index in [4.69, 9.17) is 0 Å². The number of rotatable bonds is 2. The van der Waals surface area contributed by atoms with Gasteiger partial charge in [-0.25, -0.2) is 4.79 Å². The summed E-state index contributed by atoms with van der Waals surface area (Å²) in [5.41, 5.74) is 0. The predicted molar refractivity (Wildman–Crippen MR) is 61.1 cm³/mol. The van der Waals surface area contributed by atoms with Crippen molar-refractivity contribution in [1.82, 2.24) is 15.7 Å². The van der Waals surface area contributed by atoms with E-state index in [0.29, 0.717) is 6.04 Å². The molecule has 2 heterocycles. The van der Waals surface area contributed by atoms with Crippen molar-refractivity contribution in [2.75, 3.05) is 26.2 Å². The SMILES string of the molecule is CC1CNCCN1.CCCN1OC1=O.Cl. The average molecular weight is 238 g/mol. The van der Waals surface area contributed by atoms with E-state index in [0.717, 1.165) is 32.6 Å². The molecule has 1 amide bonds. The van der Waals surface area contributed by atoms with Crippen LogP contribution in [-0.4, -0.2) is 43.4 Å². The fraction of sp³-hybridized carbons (Fsp3) is 0.889. The second-order valence-corrected chi connectivity index (χ2v) is 3.52. The van der Waals surface area contributed by atoms with Crippen LogP contribution in [0.1, 0.15) is 20.3 Å². The van der Waals surface area contributed by atoms with Crippen LogP contribution in [0.25, 0.3) is 0 Å². The molecule has 2 N–H and O–H groups in total. The number of carbonyl (C=O) groups excluding carboxylic acids is 1. The van der Waals surface area contributed by atoms with Gasteiger partial charge in [-0.1, -0.05) is 6.92 Å². The molecule has 0 spiro atoms. The number of nitrogens with zero attached hydrogens (tertiary/aromatic N) is 1. The third-order valence-electron chi connectivity index (χ3n) is 2.03. The Morgan fingerprint density at radius 3 is 2.40 bits per heavy atom. The summed E-state index contributed by atoms with van der Waals surface area (Å²) in [6.45, 7) is 8.30. The molecule has 2 aliphatic rings. The normalized spacial score (nSPS) is 23.2. The Kier molecular flexibility index (Phi) is 7.46. The van der Waals surface area contributed by atoms with Crippen LogP contribution in [0.5, 0.6) is 0 Å². The zero-order chi connectivity index (χ0) is 10.4. The van der Waals surface area contributed by atoms with E-state index < -0.39 is 0 Å². The molecule has 1 atom stereocenters. The maximum atomic E-state index is 9.98. The van der Waals surface area contributed by atoms with Crippen LogP contribution in [0, 0.1) is 0 Å². The van der Waals surface area contributed by atoms with Crippen molar-refractivity contribution in [3.05, 3.63) is 0 Å². The van der Waals surface area contributed by atoms with Gasteiger partial charge in [-0.05, 0) is 13.3 Å². The zero-order valence-corrected chi connectivity index (χ0v) is 10.1. The van der Waals surface area contributed by atoms with Gasteiger partial charge in [-0.2, -0.15) is 0 Å². The Labute approximate surface area is 96.9 Å². The first-order valence-electron chi connectivity index (χ1n) is 5.17. The molecule has 2 fully saturated rings. The van der Waals surface area contributed by atoms with Gasteiger partial charge in [-0.15, -0.1) is 17.5 Å². The molecule has 0 bridgehead atoms. The number of nitrogens with one attached hydrogen (secondary N) is 2. The minimum atomic E-state index is -0.193. The molecule has 0 aromatic rings.